The SMILES string of the molecule is O=C(O)CN(C(=O)NCCC1=CCCC1)C1CCCC1. The first-order chi connectivity index (χ1) is 9.66. The molecule has 0 saturated heterocycles. The first kappa shape index (κ1) is 14.9. The van der Waals surface area contributed by atoms with Crippen molar-refractivity contribution in [2.24, 2.45) is 0 Å². The summed E-state index contributed by atoms with van der Waals surface area (Å²) in [5.41, 5.74) is 1.41. The third-order valence-electron chi connectivity index (χ3n) is 4.19. The molecule has 112 valence electrons. The second-order valence-corrected chi connectivity index (χ2v) is 5.70. The van der Waals surface area contributed by atoms with E-state index in [4.69, 9.17) is 5.11 Å². The number of aliphatic carboxylic acids is 1. The molecule has 0 unspecified atom stereocenters. The number of nitrogens with zero attached hydrogens (tertiary/aromatic N) is 1. The van der Waals surface area contributed by atoms with Gasteiger partial charge in [-0.1, -0.05) is 24.5 Å². The van der Waals surface area contributed by atoms with Gasteiger partial charge in [0.25, 0.3) is 0 Å². The molecule has 5 nitrogen and oxygen atoms in total. The van der Waals surface area contributed by atoms with Crippen molar-refractivity contribution < 1.29 is 14.7 Å². The molecule has 1 saturated carbocycles. The first-order valence-electron chi connectivity index (χ1n) is 7.61. The number of amides is 2. The van der Waals surface area contributed by atoms with Crippen LogP contribution in [0.1, 0.15) is 51.4 Å². The molecule has 0 aromatic rings. The van der Waals surface area contributed by atoms with E-state index in [0.717, 1.165) is 44.9 Å². The quantitative estimate of drug-likeness (QED) is 0.734. The number of allylic oxidation sites excluding steroid dienone is 1. The molecular weight excluding hydrogens is 256 g/mol. The summed E-state index contributed by atoms with van der Waals surface area (Å²) in [6, 6.07) is -0.130. The number of carbonyl (C=O) groups excluding carboxylic acids is 1. The van der Waals surface area contributed by atoms with Gasteiger partial charge >= 0.3 is 12.0 Å². The molecule has 2 aliphatic rings. The molecular formula is C15H24N2O3. The van der Waals surface area contributed by atoms with Crippen molar-refractivity contribution in [2.45, 2.75) is 57.4 Å². The number of carboxylic acids is 1. The Labute approximate surface area is 120 Å². The molecule has 0 atom stereocenters. The van der Waals surface area contributed by atoms with E-state index in [1.54, 1.807) is 0 Å². The van der Waals surface area contributed by atoms with E-state index in [9.17, 15) is 9.59 Å². The second kappa shape index (κ2) is 7.31. The summed E-state index contributed by atoms with van der Waals surface area (Å²) in [7, 11) is 0. The van der Waals surface area contributed by atoms with Gasteiger partial charge in [0.1, 0.15) is 6.54 Å². The highest BCUT2D eigenvalue weighted by Gasteiger charge is 2.28. The zero-order valence-electron chi connectivity index (χ0n) is 11.9. The number of hydrogen-bond donors (Lipinski definition) is 2. The van der Waals surface area contributed by atoms with Crippen molar-refractivity contribution >= 4 is 12.0 Å². The molecule has 0 bridgehead atoms. The predicted molar refractivity (Wildman–Crippen MR) is 76.5 cm³/mol. The van der Waals surface area contributed by atoms with E-state index in [-0.39, 0.29) is 18.6 Å². The van der Waals surface area contributed by atoms with Crippen LogP contribution < -0.4 is 5.32 Å². The second-order valence-electron chi connectivity index (χ2n) is 5.70. The minimum atomic E-state index is -0.939. The van der Waals surface area contributed by atoms with Crippen molar-refractivity contribution in [3.63, 3.8) is 0 Å². The molecule has 0 spiro atoms. The van der Waals surface area contributed by atoms with E-state index >= 15 is 0 Å². The molecule has 2 N–H and O–H groups in total. The fraction of sp³-hybridized carbons (Fsp3) is 0.733. The topological polar surface area (TPSA) is 69.6 Å². The van der Waals surface area contributed by atoms with Gasteiger partial charge in [0, 0.05) is 12.6 Å². The molecule has 0 aliphatic heterocycles. The summed E-state index contributed by atoms with van der Waals surface area (Å²) in [6.07, 6.45) is 10.7. The lowest BCUT2D eigenvalue weighted by Crippen LogP contribution is -2.47. The zero-order chi connectivity index (χ0) is 14.4. The van der Waals surface area contributed by atoms with Gasteiger partial charge in [0.2, 0.25) is 0 Å². The van der Waals surface area contributed by atoms with Crippen LogP contribution in [0.2, 0.25) is 0 Å². The van der Waals surface area contributed by atoms with E-state index in [0.29, 0.717) is 6.54 Å². The molecule has 0 radical (unpaired) electrons. The smallest absolute Gasteiger partial charge is 0.323 e. The van der Waals surface area contributed by atoms with Gasteiger partial charge < -0.3 is 15.3 Å². The van der Waals surface area contributed by atoms with Gasteiger partial charge in [-0.05, 0) is 38.5 Å². The van der Waals surface area contributed by atoms with Crippen molar-refractivity contribution in [1.82, 2.24) is 10.2 Å². The monoisotopic (exact) mass is 280 g/mol. The van der Waals surface area contributed by atoms with Crippen LogP contribution in [0.5, 0.6) is 0 Å². The third-order valence-corrected chi connectivity index (χ3v) is 4.19. The van der Waals surface area contributed by atoms with Crippen LogP contribution in [0.15, 0.2) is 11.6 Å². The molecule has 1 fully saturated rings. The standard InChI is InChI=1S/C15H24N2O3/c18-14(19)11-17(13-7-3-4-8-13)15(20)16-10-9-12-5-1-2-6-12/h5,13H,1-4,6-11H2,(H,16,20)(H,18,19). The number of hydrogen-bond acceptors (Lipinski definition) is 2. The highest BCUT2D eigenvalue weighted by Crippen LogP contribution is 2.23. The molecule has 0 aromatic carbocycles. The predicted octanol–water partition coefficient (Wildman–Crippen LogP) is 2.53. The van der Waals surface area contributed by atoms with Crippen LogP contribution in [0.25, 0.3) is 0 Å². The summed E-state index contributed by atoms with van der Waals surface area (Å²) in [6.45, 7) is 0.409. The minimum absolute atomic E-state index is 0.0943. The zero-order valence-corrected chi connectivity index (χ0v) is 11.9. The molecule has 2 rings (SSSR count). The average molecular weight is 280 g/mol. The Hall–Kier alpha value is -1.52. The molecule has 20 heavy (non-hydrogen) atoms. The van der Waals surface area contributed by atoms with Crippen LogP contribution in [0.3, 0.4) is 0 Å². The fourth-order valence-corrected chi connectivity index (χ4v) is 3.12. The van der Waals surface area contributed by atoms with Gasteiger partial charge in [-0.2, -0.15) is 0 Å². The van der Waals surface area contributed by atoms with Crippen LogP contribution in [0.4, 0.5) is 4.79 Å². The van der Waals surface area contributed by atoms with Gasteiger partial charge in [0.15, 0.2) is 0 Å². The minimum Gasteiger partial charge on any atom is -0.480 e. The third kappa shape index (κ3) is 4.25. The number of carboxylic acid groups (broad SMARTS) is 1. The van der Waals surface area contributed by atoms with Crippen molar-refractivity contribution in [3.05, 3.63) is 11.6 Å². The largest absolute Gasteiger partial charge is 0.480 e. The highest BCUT2D eigenvalue weighted by molar-refractivity contribution is 5.80. The lowest BCUT2D eigenvalue weighted by molar-refractivity contribution is -0.138. The van der Waals surface area contributed by atoms with Gasteiger partial charge in [-0.25, -0.2) is 4.79 Å². The summed E-state index contributed by atoms with van der Waals surface area (Å²) >= 11 is 0. The van der Waals surface area contributed by atoms with E-state index in [1.165, 1.54) is 16.9 Å². The van der Waals surface area contributed by atoms with Crippen LogP contribution in [-0.4, -0.2) is 41.1 Å². The Kier molecular flexibility index (Phi) is 5.44. The highest BCUT2D eigenvalue weighted by atomic mass is 16.4. The summed E-state index contributed by atoms with van der Waals surface area (Å²) in [5.74, 6) is -0.939. The lowest BCUT2D eigenvalue weighted by atomic mass is 10.2. The van der Waals surface area contributed by atoms with Gasteiger partial charge in [-0.3, -0.25) is 4.79 Å². The summed E-state index contributed by atoms with van der Waals surface area (Å²) in [4.78, 5) is 24.6. The number of rotatable bonds is 6. The summed E-state index contributed by atoms with van der Waals surface area (Å²) < 4.78 is 0. The van der Waals surface area contributed by atoms with Gasteiger partial charge in [-0.15, -0.1) is 0 Å². The Morgan fingerprint density at radius 2 is 2.05 bits per heavy atom. The molecule has 2 amide bonds. The Morgan fingerprint density at radius 3 is 2.65 bits per heavy atom. The molecule has 0 heterocycles. The number of urea groups is 1. The summed E-state index contributed by atoms with van der Waals surface area (Å²) in [5, 5.41) is 11.8. The van der Waals surface area contributed by atoms with Crippen molar-refractivity contribution in [1.29, 1.82) is 0 Å². The van der Waals surface area contributed by atoms with Crippen LogP contribution in [0, 0.1) is 0 Å². The molecule has 2 aliphatic carbocycles. The maximum absolute atomic E-state index is 12.2. The lowest BCUT2D eigenvalue weighted by Gasteiger charge is -2.27. The number of carbonyl (C=O) groups is 2. The normalized spacial score (nSPS) is 18.9. The van der Waals surface area contributed by atoms with Crippen molar-refractivity contribution in [3.8, 4) is 0 Å². The maximum Gasteiger partial charge on any atom is 0.323 e. The Morgan fingerprint density at radius 1 is 1.30 bits per heavy atom. The Balaban J connectivity index is 1.80. The fourth-order valence-electron chi connectivity index (χ4n) is 3.12. The molecule has 5 heteroatoms. The van der Waals surface area contributed by atoms with Crippen molar-refractivity contribution in [2.75, 3.05) is 13.1 Å². The van der Waals surface area contributed by atoms with Crippen LogP contribution in [-0.2, 0) is 4.79 Å². The van der Waals surface area contributed by atoms with Gasteiger partial charge in [0.05, 0.1) is 0 Å². The first-order valence-corrected chi connectivity index (χ1v) is 7.61. The van der Waals surface area contributed by atoms with E-state index in [2.05, 4.69) is 11.4 Å². The van der Waals surface area contributed by atoms with E-state index < -0.39 is 5.97 Å². The Bertz CT molecular complexity index is 387. The van der Waals surface area contributed by atoms with Crippen LogP contribution >= 0.6 is 0 Å². The van der Waals surface area contributed by atoms with E-state index in [1.807, 2.05) is 0 Å². The molecule has 0 aromatic heterocycles. The number of nitrogens with one attached hydrogen (secondary N) is 1. The maximum atomic E-state index is 12.2. The average Bonchev–Trinajstić information content (AvgIpc) is 3.08.